The number of carbonyl (C=O) groups is 5. The summed E-state index contributed by atoms with van der Waals surface area (Å²) in [6.07, 6.45) is 1.01. The molecule has 31 heteroatoms. The van der Waals surface area contributed by atoms with E-state index in [1.807, 2.05) is 46.8 Å². The molecular weight excluding hydrogens is 1380 g/mol. The first kappa shape index (κ1) is 86.4. The van der Waals surface area contributed by atoms with Gasteiger partial charge in [-0.2, -0.15) is 41.8 Å². The predicted octanol–water partition coefficient (Wildman–Crippen LogP) is 14.5. The molecule has 0 radical (unpaired) electrons. The lowest BCUT2D eigenvalue weighted by molar-refractivity contribution is -0.148. The zero-order chi connectivity index (χ0) is 75.0. The van der Waals surface area contributed by atoms with Gasteiger partial charge in [0.1, 0.15) is 25.1 Å². The fourth-order valence-electron chi connectivity index (χ4n) is 9.71. The number of nitriles is 1. The number of hydrogen-bond acceptors (Lipinski definition) is 22. The maximum absolute atomic E-state index is 13.1. The molecule has 2 aromatic heterocycles. The van der Waals surface area contributed by atoms with Gasteiger partial charge in [0.05, 0.1) is 51.4 Å². The summed E-state index contributed by atoms with van der Waals surface area (Å²) >= 11 is 0. The van der Waals surface area contributed by atoms with Crippen molar-refractivity contribution in [3.63, 3.8) is 0 Å². The minimum Gasteiger partial charge on any atom is -0.535 e. The number of carbonyl (C=O) groups excluding carboxylic acids is 5. The minimum absolute atomic E-state index is 0. The Morgan fingerprint density at radius 2 is 1.11 bits per heavy atom. The monoisotopic (exact) mass is 1480 g/mol. The van der Waals surface area contributed by atoms with Crippen LogP contribution in [0.1, 0.15) is 123 Å². The van der Waals surface area contributed by atoms with Gasteiger partial charge in [-0.25, -0.2) is 29.0 Å². The molecule has 0 saturated carbocycles. The van der Waals surface area contributed by atoms with Crippen molar-refractivity contribution in [3.8, 4) is 12.1 Å². The molecule has 1 amide bonds. The largest absolute Gasteiger partial charge is 0.535 e. The Morgan fingerprint density at radius 3 is 1.50 bits per heavy atom. The average molecular weight is 1480 g/mol. The van der Waals surface area contributed by atoms with E-state index in [2.05, 4.69) is 68.4 Å². The number of halogens is 3. The van der Waals surface area contributed by atoms with E-state index in [1.165, 1.54) is 50.3 Å². The van der Waals surface area contributed by atoms with Crippen LogP contribution in [0.2, 0.25) is 58.9 Å². The third kappa shape index (κ3) is 27.3. The van der Waals surface area contributed by atoms with Gasteiger partial charge in [0.15, 0.2) is 17.9 Å². The Bertz CT molecular complexity index is 3920. The lowest BCUT2D eigenvalue weighted by Crippen LogP contribution is -2.46. The molecule has 0 bridgehead atoms. The lowest BCUT2D eigenvalue weighted by atomic mass is 9.77. The van der Waals surface area contributed by atoms with Crippen LogP contribution in [0.25, 0.3) is 0 Å². The van der Waals surface area contributed by atoms with E-state index in [9.17, 15) is 50.4 Å². The Hall–Kier alpha value is -8.78. The third-order valence-electron chi connectivity index (χ3n) is 14.4. The van der Waals surface area contributed by atoms with Crippen LogP contribution in [0.15, 0.2) is 156 Å². The molecule has 2 aliphatic heterocycles. The second kappa shape index (κ2) is 38.3. The number of nitrogens with one attached hydrogen (secondary N) is 1. The fourth-order valence-corrected chi connectivity index (χ4v) is 14.3. The van der Waals surface area contributed by atoms with Crippen LogP contribution in [0.4, 0.5) is 24.8 Å². The zero-order valence-electron chi connectivity index (χ0n) is 59.3. The molecule has 1 N–H and O–H groups in total. The summed E-state index contributed by atoms with van der Waals surface area (Å²) in [6, 6.07) is 40.0. The van der Waals surface area contributed by atoms with E-state index >= 15 is 0 Å². The molecule has 4 aromatic carbocycles. The minimum atomic E-state index is -5.39. The van der Waals surface area contributed by atoms with Gasteiger partial charge < -0.3 is 46.5 Å². The molecule has 101 heavy (non-hydrogen) atoms. The maximum atomic E-state index is 13.1. The molecule has 2 saturated heterocycles. The number of alkyl halides is 3. The van der Waals surface area contributed by atoms with E-state index in [-0.39, 0.29) is 44.4 Å². The van der Waals surface area contributed by atoms with Crippen LogP contribution in [0.3, 0.4) is 0 Å². The highest BCUT2D eigenvalue weighted by Gasteiger charge is 2.58. The van der Waals surface area contributed by atoms with E-state index < -0.39 is 106 Å². The number of hydrogen-bond donors (Lipinski definition) is 1. The van der Waals surface area contributed by atoms with Gasteiger partial charge in [0.2, 0.25) is 37.1 Å². The molecule has 0 aliphatic carbocycles. The smallest absolute Gasteiger partial charge is 0.522 e. The van der Waals surface area contributed by atoms with Crippen molar-refractivity contribution in [2.75, 3.05) is 18.5 Å². The SMILES string of the molecule is C.CC#N.CC(=Nc1ccnc(O[Si](C)(C)C)n1)O[Si](C)(C)C.CC[C@H]1OC(OC(=O)c2ccccc2)[C@](C)(COC(=O)c2ccccc2)[C@@H]1C.CC[C@H]1O[C@@H](n2ccc(NC(C)=O)nc2=O)[C@@](C)(COC(=O)c2ccccc2)C1OC(=O)c1ccccc1.C[Si](C)(C)OS(=O)(=O)C(F)(F)F. The van der Waals surface area contributed by atoms with Gasteiger partial charge in [-0.05, 0) is 146 Å². The van der Waals surface area contributed by atoms with Crippen molar-refractivity contribution in [2.24, 2.45) is 21.7 Å². The van der Waals surface area contributed by atoms with Gasteiger partial charge in [-0.3, -0.25) is 9.36 Å². The van der Waals surface area contributed by atoms with Gasteiger partial charge in [0, 0.05) is 39.2 Å². The maximum Gasteiger partial charge on any atom is 0.522 e. The summed E-state index contributed by atoms with van der Waals surface area (Å²) in [5.41, 5.74) is -6.15. The molecule has 6 aromatic rings. The molecule has 8 atom stereocenters. The van der Waals surface area contributed by atoms with Crippen LogP contribution in [-0.2, 0) is 51.6 Å². The van der Waals surface area contributed by atoms with E-state index in [0.717, 1.165) is 6.42 Å². The number of amides is 1. The number of ether oxygens (including phenoxy) is 6. The van der Waals surface area contributed by atoms with Crippen molar-refractivity contribution in [3.05, 3.63) is 179 Å². The highest BCUT2D eigenvalue weighted by molar-refractivity contribution is 7.88. The number of aliphatic imine (C=N–C) groups is 1. The van der Waals surface area contributed by atoms with Crippen LogP contribution >= 0.6 is 0 Å². The Labute approximate surface area is 592 Å². The molecule has 2 fully saturated rings. The summed E-state index contributed by atoms with van der Waals surface area (Å²) in [5.74, 6) is -1.00. The quantitative estimate of drug-likeness (QED) is 0.0185. The van der Waals surface area contributed by atoms with Crippen molar-refractivity contribution in [1.29, 1.82) is 5.26 Å². The fraction of sp³-hybridized carbons (Fsp3) is 0.443. The van der Waals surface area contributed by atoms with Gasteiger partial charge in [-0.15, -0.1) is 0 Å². The second-order valence-corrected chi connectivity index (χ2v) is 41.4. The van der Waals surface area contributed by atoms with Crippen LogP contribution in [-0.4, -0.2) is 132 Å². The molecule has 550 valence electrons. The summed E-state index contributed by atoms with van der Waals surface area (Å²) < 4.78 is 108. The van der Waals surface area contributed by atoms with E-state index in [1.54, 1.807) is 134 Å². The molecular formula is C70H94F3N7O17SSi3. The summed E-state index contributed by atoms with van der Waals surface area (Å²) in [5, 5.41) is 9.79. The van der Waals surface area contributed by atoms with E-state index in [0.29, 0.717) is 46.4 Å². The second-order valence-electron chi connectivity index (χ2n) is 26.3. The molecule has 2 unspecified atom stereocenters. The Balaban J connectivity index is 0.000000370. The molecule has 0 spiro atoms. The van der Waals surface area contributed by atoms with Crippen LogP contribution in [0, 0.1) is 28.1 Å². The number of aromatic nitrogens is 4. The number of anilines is 1. The number of rotatable bonds is 20. The van der Waals surface area contributed by atoms with Gasteiger partial charge >= 0.3 is 51.2 Å². The molecule has 24 nitrogen and oxygen atoms in total. The summed E-state index contributed by atoms with van der Waals surface area (Å²) in [6.45, 7) is 30.8. The Morgan fingerprint density at radius 1 is 0.663 bits per heavy atom. The third-order valence-corrected chi connectivity index (χ3v) is 19.5. The number of nitrogens with zero attached hydrogens (tertiary/aromatic N) is 6. The topological polar surface area (TPSA) is 311 Å². The standard InChI is InChI=1S/C28H29N3O7.C23H26O5.C12H23N3O2Si2.C4H9F3O3SSi.C2H3N.CH4/c1-4-21-23(38-25(34)20-13-9-6-10-14-20)28(3,17-36-24(33)19-11-7-5-8-12-19)26(37-21)31-16-15-22(29-18(2)32)30-27(31)35;1-4-19-16(2)23(3,15-26-20(24)17-11-7-5-8-12-17)22(27-19)28-21(25)18-13-9-6-10-14-18;1-10(16-18(2,3)4)14-11-8-9-13-12(15-11)17-19(5,6)7;1-12(2,3)10-11(8,9)4(5,6)7;1-2-3;/h5-16,21,23,26H,4,17H2,1-3H3,(H,29,30,32,35);5-14,16,19,22H,4,15H2,1-3H3;8-9H,1-7H3;1-3H3;1H3;1H4/t21-,23?,26-,28+;16-,19-,22?,23-;;;;/m11..../s1. The average Bonchev–Trinajstić information content (AvgIpc) is 1.61. The van der Waals surface area contributed by atoms with E-state index in [4.69, 9.17) is 42.5 Å². The molecule has 8 rings (SSSR count). The van der Waals surface area contributed by atoms with Crippen molar-refractivity contribution < 1.29 is 86.7 Å². The normalized spacial score (nSPS) is 20.2. The number of esters is 4. The predicted molar refractivity (Wildman–Crippen MR) is 383 cm³/mol. The first-order valence-corrected chi connectivity index (χ1v) is 43.5. The summed E-state index contributed by atoms with van der Waals surface area (Å²) in [7, 11) is -11.4. The van der Waals surface area contributed by atoms with Crippen molar-refractivity contribution in [2.45, 2.75) is 171 Å². The zero-order valence-corrected chi connectivity index (χ0v) is 63.1. The first-order chi connectivity index (χ1) is 46.6. The van der Waals surface area contributed by atoms with Gasteiger partial charge in [-0.1, -0.05) is 101 Å². The molecule has 4 heterocycles. The van der Waals surface area contributed by atoms with Crippen molar-refractivity contribution >= 4 is 82.4 Å². The van der Waals surface area contributed by atoms with Crippen LogP contribution < -0.4 is 15.4 Å². The summed E-state index contributed by atoms with van der Waals surface area (Å²) in [4.78, 5) is 91.9. The Kier molecular flexibility index (Phi) is 32.8. The van der Waals surface area contributed by atoms with Crippen molar-refractivity contribution in [1.82, 2.24) is 19.5 Å². The van der Waals surface area contributed by atoms with Crippen LogP contribution in [0.5, 0.6) is 6.01 Å². The highest BCUT2D eigenvalue weighted by Crippen LogP contribution is 2.49. The lowest BCUT2D eigenvalue weighted by Gasteiger charge is -2.34. The first-order valence-electron chi connectivity index (χ1n) is 31.8. The number of benzene rings is 4. The van der Waals surface area contributed by atoms with Gasteiger partial charge in [0.25, 0.3) is 0 Å². The molecule has 2 aliphatic rings. The highest BCUT2D eigenvalue weighted by atomic mass is 32.2.